The fourth-order valence-corrected chi connectivity index (χ4v) is 4.31. The fourth-order valence-electron chi connectivity index (χ4n) is 3.03. The van der Waals surface area contributed by atoms with E-state index in [-0.39, 0.29) is 29.2 Å². The van der Waals surface area contributed by atoms with Gasteiger partial charge in [0.2, 0.25) is 21.8 Å². The highest BCUT2D eigenvalue weighted by Crippen LogP contribution is 2.25. The number of sulfonamides is 1. The molecule has 0 unspecified atom stereocenters. The first-order chi connectivity index (χ1) is 15.3. The van der Waals surface area contributed by atoms with Crippen molar-refractivity contribution in [2.45, 2.75) is 39.4 Å². The number of rotatable bonds is 9. The molecule has 11 heteroatoms. The van der Waals surface area contributed by atoms with Crippen molar-refractivity contribution < 1.29 is 22.4 Å². The van der Waals surface area contributed by atoms with Crippen molar-refractivity contribution >= 4 is 55.1 Å². The van der Waals surface area contributed by atoms with Crippen LogP contribution in [0.3, 0.4) is 0 Å². The Kier molecular flexibility index (Phi) is 9.28. The van der Waals surface area contributed by atoms with Gasteiger partial charge in [-0.15, -0.1) is 0 Å². The minimum atomic E-state index is -3.92. The van der Waals surface area contributed by atoms with Gasteiger partial charge in [-0.3, -0.25) is 13.9 Å². The maximum absolute atomic E-state index is 13.6. The van der Waals surface area contributed by atoms with Crippen molar-refractivity contribution in [1.29, 1.82) is 0 Å². The molecule has 0 bridgehead atoms. The van der Waals surface area contributed by atoms with Crippen LogP contribution in [0.15, 0.2) is 46.9 Å². The summed E-state index contributed by atoms with van der Waals surface area (Å²) in [6.45, 7) is 4.68. The van der Waals surface area contributed by atoms with Crippen LogP contribution in [-0.4, -0.2) is 50.0 Å². The minimum absolute atomic E-state index is 0.0418. The van der Waals surface area contributed by atoms with E-state index in [2.05, 4.69) is 21.2 Å². The third-order valence-electron chi connectivity index (χ3n) is 4.73. The lowest BCUT2D eigenvalue weighted by Crippen LogP contribution is -2.52. The van der Waals surface area contributed by atoms with E-state index in [1.807, 2.05) is 0 Å². The van der Waals surface area contributed by atoms with E-state index in [1.165, 1.54) is 11.0 Å². The van der Waals surface area contributed by atoms with Gasteiger partial charge in [0.1, 0.15) is 18.4 Å². The first-order valence-corrected chi connectivity index (χ1v) is 13.1. The Hall–Kier alpha value is -2.17. The molecule has 33 heavy (non-hydrogen) atoms. The van der Waals surface area contributed by atoms with Gasteiger partial charge in [-0.05, 0) is 56.7 Å². The van der Waals surface area contributed by atoms with E-state index in [1.54, 1.807) is 45.0 Å². The van der Waals surface area contributed by atoms with Crippen LogP contribution in [-0.2, 0) is 26.2 Å². The summed E-state index contributed by atoms with van der Waals surface area (Å²) in [4.78, 5) is 27.3. The molecule has 0 aromatic heterocycles. The van der Waals surface area contributed by atoms with Gasteiger partial charge < -0.3 is 10.2 Å². The van der Waals surface area contributed by atoms with E-state index in [0.29, 0.717) is 0 Å². The number of carbonyl (C=O) groups excluding carboxylic acids is 2. The normalized spacial score (nSPS) is 12.4. The van der Waals surface area contributed by atoms with E-state index in [0.717, 1.165) is 32.7 Å². The third-order valence-corrected chi connectivity index (χ3v) is 6.69. The van der Waals surface area contributed by atoms with Crippen LogP contribution in [0, 0.1) is 5.82 Å². The van der Waals surface area contributed by atoms with E-state index in [9.17, 15) is 22.4 Å². The van der Waals surface area contributed by atoms with Gasteiger partial charge in [-0.2, -0.15) is 0 Å². The Labute approximate surface area is 207 Å². The number of halogens is 3. The average Bonchev–Trinajstić information content (AvgIpc) is 2.71. The second-order valence-corrected chi connectivity index (χ2v) is 11.1. The Bertz CT molecular complexity index is 1110. The predicted molar refractivity (Wildman–Crippen MR) is 131 cm³/mol. The predicted octanol–water partition coefficient (Wildman–Crippen LogP) is 3.95. The van der Waals surface area contributed by atoms with E-state index < -0.39 is 34.3 Å². The molecule has 0 saturated carbocycles. The lowest BCUT2D eigenvalue weighted by Gasteiger charge is -2.32. The molecule has 0 aliphatic carbocycles. The standard InChI is InChI=1S/C22H26BrClFN3O4S/c1-14(2)26-22(30)15(3)27(12-16-5-7-17(23)8-6-16)21(29)13-28(33(4,31)32)18-9-10-20(25)19(24)11-18/h5-11,14-15H,12-13H2,1-4H3,(H,26,30)/t15-/m1/s1. The number of benzene rings is 2. The number of carbonyl (C=O) groups is 2. The SMILES string of the molecule is CC(C)NC(=O)[C@@H](C)N(Cc1ccc(Br)cc1)C(=O)CN(c1ccc(F)c(Cl)c1)S(C)(=O)=O. The van der Waals surface area contributed by atoms with Crippen molar-refractivity contribution in [2.24, 2.45) is 0 Å². The smallest absolute Gasteiger partial charge is 0.244 e. The van der Waals surface area contributed by atoms with Gasteiger partial charge in [0, 0.05) is 17.1 Å². The van der Waals surface area contributed by atoms with E-state index in [4.69, 9.17) is 11.6 Å². The van der Waals surface area contributed by atoms with Gasteiger partial charge in [0.15, 0.2) is 0 Å². The molecular weight excluding hydrogens is 537 g/mol. The molecular formula is C22H26BrClFN3O4S. The molecule has 180 valence electrons. The zero-order valence-corrected chi connectivity index (χ0v) is 21.8. The molecule has 2 rings (SSSR count). The highest BCUT2D eigenvalue weighted by molar-refractivity contribution is 9.10. The van der Waals surface area contributed by atoms with Crippen LogP contribution < -0.4 is 9.62 Å². The Morgan fingerprint density at radius 2 is 1.73 bits per heavy atom. The Morgan fingerprint density at radius 3 is 2.24 bits per heavy atom. The van der Waals surface area contributed by atoms with Gasteiger partial charge in [0.25, 0.3) is 0 Å². The summed E-state index contributed by atoms with van der Waals surface area (Å²) in [6.07, 6.45) is 0.936. The Morgan fingerprint density at radius 1 is 1.12 bits per heavy atom. The van der Waals surface area contributed by atoms with Crippen LogP contribution in [0.5, 0.6) is 0 Å². The van der Waals surface area contributed by atoms with Crippen molar-refractivity contribution in [3.63, 3.8) is 0 Å². The topological polar surface area (TPSA) is 86.8 Å². The maximum Gasteiger partial charge on any atom is 0.244 e. The molecule has 0 fully saturated rings. The first-order valence-electron chi connectivity index (χ1n) is 10.1. The minimum Gasteiger partial charge on any atom is -0.352 e. The summed E-state index contributed by atoms with van der Waals surface area (Å²) in [5.41, 5.74) is 0.798. The summed E-state index contributed by atoms with van der Waals surface area (Å²) < 4.78 is 40.2. The van der Waals surface area contributed by atoms with Crippen LogP contribution in [0.4, 0.5) is 10.1 Å². The van der Waals surface area contributed by atoms with Crippen LogP contribution in [0.1, 0.15) is 26.3 Å². The second-order valence-electron chi connectivity index (χ2n) is 7.86. The molecule has 1 N–H and O–H groups in total. The zero-order valence-electron chi connectivity index (χ0n) is 18.7. The van der Waals surface area contributed by atoms with Crippen LogP contribution in [0.2, 0.25) is 5.02 Å². The van der Waals surface area contributed by atoms with E-state index >= 15 is 0 Å². The summed E-state index contributed by atoms with van der Waals surface area (Å²) in [6, 6.07) is 9.58. The van der Waals surface area contributed by atoms with Crippen LogP contribution in [0.25, 0.3) is 0 Å². The lowest BCUT2D eigenvalue weighted by molar-refractivity contribution is -0.139. The highest BCUT2D eigenvalue weighted by atomic mass is 79.9. The maximum atomic E-state index is 13.6. The molecule has 0 heterocycles. The molecule has 0 aliphatic rings. The monoisotopic (exact) mass is 561 g/mol. The molecule has 0 aliphatic heterocycles. The molecule has 2 amide bonds. The van der Waals surface area contributed by atoms with Gasteiger partial charge in [-0.25, -0.2) is 12.8 Å². The number of amides is 2. The molecule has 7 nitrogen and oxygen atoms in total. The summed E-state index contributed by atoms with van der Waals surface area (Å²) in [5.74, 6) is -1.68. The molecule has 0 saturated heterocycles. The average molecular weight is 563 g/mol. The van der Waals surface area contributed by atoms with Crippen molar-refractivity contribution in [3.05, 3.63) is 63.3 Å². The van der Waals surface area contributed by atoms with Gasteiger partial charge in [0.05, 0.1) is 17.0 Å². The zero-order chi connectivity index (χ0) is 24.9. The lowest BCUT2D eigenvalue weighted by atomic mass is 10.1. The van der Waals surface area contributed by atoms with Crippen molar-refractivity contribution in [1.82, 2.24) is 10.2 Å². The number of hydrogen-bond donors (Lipinski definition) is 1. The molecule has 2 aromatic rings. The molecule has 1 atom stereocenters. The molecule has 0 spiro atoms. The molecule has 2 aromatic carbocycles. The quantitative estimate of drug-likeness (QED) is 0.501. The number of nitrogens with zero attached hydrogens (tertiary/aromatic N) is 2. The fraction of sp³-hybridized carbons (Fsp3) is 0.364. The highest BCUT2D eigenvalue weighted by Gasteiger charge is 2.30. The number of nitrogens with one attached hydrogen (secondary N) is 1. The first kappa shape index (κ1) is 27.1. The number of anilines is 1. The number of hydrogen-bond acceptors (Lipinski definition) is 4. The summed E-state index contributed by atoms with van der Waals surface area (Å²) >= 11 is 9.17. The Balaban J connectivity index is 2.40. The third kappa shape index (κ3) is 7.68. The van der Waals surface area contributed by atoms with Crippen LogP contribution >= 0.6 is 27.5 Å². The second kappa shape index (κ2) is 11.3. The van der Waals surface area contributed by atoms with Crippen molar-refractivity contribution in [3.8, 4) is 0 Å². The summed E-state index contributed by atoms with van der Waals surface area (Å²) in [5, 5.41) is 2.50. The van der Waals surface area contributed by atoms with Crippen molar-refractivity contribution in [2.75, 3.05) is 17.1 Å². The molecule has 0 radical (unpaired) electrons. The largest absolute Gasteiger partial charge is 0.352 e. The van der Waals surface area contributed by atoms with Gasteiger partial charge >= 0.3 is 0 Å². The van der Waals surface area contributed by atoms with Gasteiger partial charge in [-0.1, -0.05) is 39.7 Å². The summed E-state index contributed by atoms with van der Waals surface area (Å²) in [7, 11) is -3.92.